The third-order valence-corrected chi connectivity index (χ3v) is 4.70. The molecule has 22 heavy (non-hydrogen) atoms. The number of H-pyrrole nitrogens is 1. The second-order valence-electron chi connectivity index (χ2n) is 5.15. The summed E-state index contributed by atoms with van der Waals surface area (Å²) < 4.78 is 3.43. The van der Waals surface area contributed by atoms with Gasteiger partial charge in [0.1, 0.15) is 0 Å². The van der Waals surface area contributed by atoms with Crippen molar-refractivity contribution in [1.82, 2.24) is 4.98 Å². The van der Waals surface area contributed by atoms with Gasteiger partial charge in [0, 0.05) is 23.5 Å². The molecular formula is C18H23N2PS. The fourth-order valence-corrected chi connectivity index (χ4v) is 3.11. The van der Waals surface area contributed by atoms with Gasteiger partial charge in [-0.15, -0.1) is 9.24 Å². The molecule has 2 nitrogen and oxygen atoms in total. The maximum Gasteiger partial charge on any atom is 0.0931 e. The van der Waals surface area contributed by atoms with E-state index in [9.17, 15) is 0 Å². The highest BCUT2D eigenvalue weighted by Gasteiger charge is 2.06. The van der Waals surface area contributed by atoms with E-state index in [-0.39, 0.29) is 0 Å². The molecule has 3 rings (SSSR count). The lowest BCUT2D eigenvalue weighted by atomic mass is 10.1. The Morgan fingerprint density at radius 3 is 2.41 bits per heavy atom. The Balaban J connectivity index is 0.000000545. The van der Waals surface area contributed by atoms with Gasteiger partial charge in [-0.25, -0.2) is 0 Å². The zero-order valence-corrected chi connectivity index (χ0v) is 15.3. The van der Waals surface area contributed by atoms with E-state index in [1.165, 1.54) is 28.1 Å². The average molecular weight is 330 g/mol. The monoisotopic (exact) mass is 330 g/mol. The number of nitrogens with one attached hydrogen (secondary N) is 2. The second-order valence-corrected chi connectivity index (χ2v) is 6.57. The molecule has 1 unspecified atom stereocenters. The number of fused-ring (bicyclic) bond motifs is 1. The molecule has 2 N–H and O–H groups in total. The minimum absolute atomic E-state index is 1.11. The molecule has 0 amide bonds. The lowest BCUT2D eigenvalue weighted by molar-refractivity contribution is 1.09. The Labute approximate surface area is 139 Å². The normalized spacial score (nSPS) is 10.2. The first-order valence-corrected chi connectivity index (χ1v) is 8.90. The number of rotatable bonds is 3. The van der Waals surface area contributed by atoms with Crippen molar-refractivity contribution in [3.63, 3.8) is 0 Å². The molecule has 0 fully saturated rings. The van der Waals surface area contributed by atoms with Crippen LogP contribution in [0.15, 0.2) is 53.7 Å². The van der Waals surface area contributed by atoms with Crippen LogP contribution in [0, 0.1) is 6.92 Å². The number of aromatic nitrogens is 1. The van der Waals surface area contributed by atoms with Crippen LogP contribution in [0.5, 0.6) is 0 Å². The Morgan fingerprint density at radius 2 is 1.77 bits per heavy atom. The molecule has 1 heterocycles. The van der Waals surface area contributed by atoms with Crippen LogP contribution in [0.4, 0.5) is 5.69 Å². The van der Waals surface area contributed by atoms with Crippen LogP contribution in [0.25, 0.3) is 10.8 Å². The fourth-order valence-electron chi connectivity index (χ4n) is 2.11. The first-order valence-electron chi connectivity index (χ1n) is 7.51. The molecule has 0 aliphatic heterocycles. The second kappa shape index (κ2) is 8.26. The number of hydrogen-bond acceptors (Lipinski definition) is 2. The van der Waals surface area contributed by atoms with Crippen molar-refractivity contribution in [3.8, 4) is 0 Å². The van der Waals surface area contributed by atoms with Gasteiger partial charge in [-0.1, -0.05) is 44.5 Å². The van der Waals surface area contributed by atoms with Crippen LogP contribution in [-0.2, 0) is 0 Å². The van der Waals surface area contributed by atoms with Crippen molar-refractivity contribution in [2.45, 2.75) is 32.2 Å². The highest BCUT2D eigenvalue weighted by atomic mass is 32.2. The molecule has 0 saturated carbocycles. The van der Waals surface area contributed by atoms with Crippen LogP contribution in [0.1, 0.15) is 25.8 Å². The molecule has 116 valence electrons. The van der Waals surface area contributed by atoms with Crippen LogP contribution >= 0.6 is 21.2 Å². The molecule has 1 aromatic heterocycles. The van der Waals surface area contributed by atoms with E-state index < -0.39 is 0 Å². The summed E-state index contributed by atoms with van der Waals surface area (Å²) in [6.07, 6.45) is 3.18. The smallest absolute Gasteiger partial charge is 0.0931 e. The lowest BCUT2D eigenvalue weighted by Crippen LogP contribution is -2.01. The maximum atomic E-state index is 3.43. The summed E-state index contributed by atoms with van der Waals surface area (Å²) in [6.45, 7) is 6.39. The summed E-state index contributed by atoms with van der Waals surface area (Å²) >= 11 is 1.60. The van der Waals surface area contributed by atoms with Crippen molar-refractivity contribution in [1.29, 1.82) is 0 Å². The predicted molar refractivity (Wildman–Crippen MR) is 104 cm³/mol. The predicted octanol–water partition coefficient (Wildman–Crippen LogP) is 5.51. The van der Waals surface area contributed by atoms with Gasteiger partial charge in [0.05, 0.1) is 10.7 Å². The van der Waals surface area contributed by atoms with Crippen molar-refractivity contribution in [2.24, 2.45) is 0 Å². The molecule has 3 aromatic rings. The van der Waals surface area contributed by atoms with E-state index in [4.69, 9.17) is 0 Å². The van der Waals surface area contributed by atoms with E-state index in [1.807, 2.05) is 12.3 Å². The molecule has 0 aliphatic rings. The molecule has 0 spiro atoms. The van der Waals surface area contributed by atoms with Crippen molar-refractivity contribution < 1.29 is 0 Å². The zero-order chi connectivity index (χ0) is 15.9. The van der Waals surface area contributed by atoms with Crippen LogP contribution in [0.2, 0.25) is 0 Å². The molecule has 0 bridgehead atoms. The number of hydrogen-bond donors (Lipinski definition) is 2. The van der Waals surface area contributed by atoms with E-state index in [0.717, 1.165) is 10.7 Å². The number of aryl methyl sites for hydroxylation is 1. The van der Waals surface area contributed by atoms with Gasteiger partial charge in [0.15, 0.2) is 0 Å². The molecule has 4 heteroatoms. The fraction of sp³-hybridized carbons (Fsp3) is 0.222. The van der Waals surface area contributed by atoms with Crippen molar-refractivity contribution in [2.75, 3.05) is 4.72 Å². The molecule has 0 saturated heterocycles. The third-order valence-electron chi connectivity index (χ3n) is 3.13. The highest BCUT2D eigenvalue weighted by molar-refractivity contribution is 8.00. The van der Waals surface area contributed by atoms with E-state index in [2.05, 4.69) is 76.1 Å². The number of aromatic amines is 1. The first-order chi connectivity index (χ1) is 10.7. The zero-order valence-electron chi connectivity index (χ0n) is 13.3. The molecule has 1 atom stereocenters. The Morgan fingerprint density at radius 1 is 1.09 bits per heavy atom. The third kappa shape index (κ3) is 4.06. The average Bonchev–Trinajstić information content (AvgIpc) is 3.04. The largest absolute Gasteiger partial charge is 0.355 e. The van der Waals surface area contributed by atoms with Gasteiger partial charge in [0.25, 0.3) is 0 Å². The van der Waals surface area contributed by atoms with Gasteiger partial charge in [-0.3, -0.25) is 0 Å². The van der Waals surface area contributed by atoms with Gasteiger partial charge in [-0.2, -0.15) is 0 Å². The lowest BCUT2D eigenvalue weighted by Gasteiger charge is -2.12. The minimum Gasteiger partial charge on any atom is -0.355 e. The topological polar surface area (TPSA) is 27.8 Å². The summed E-state index contributed by atoms with van der Waals surface area (Å²) in [6, 6.07) is 14.7. The Bertz CT molecular complexity index is 723. The molecule has 0 aliphatic carbocycles. The highest BCUT2D eigenvalue weighted by Crippen LogP contribution is 2.29. The Hall–Kier alpha value is -1.44. The molecule has 0 radical (unpaired) electrons. The van der Waals surface area contributed by atoms with Crippen molar-refractivity contribution >= 4 is 43.0 Å². The summed E-state index contributed by atoms with van der Waals surface area (Å²) in [5.74, 6) is 0. The standard InChI is InChI=1S/C15H15N2PS.C3H8/c1-10-9-13(17-19-14-7-4-8-16-14)11-5-2-3-6-12(11)15(10)18;1-3-2/h2-9,16-17H,18H2,1H3;3H2,1-2H3. The van der Waals surface area contributed by atoms with E-state index in [1.54, 1.807) is 11.9 Å². The SMILES string of the molecule is CCC.Cc1cc(NSc2ccc[nH]2)c2ccccc2c1P. The molecule has 2 aromatic carbocycles. The van der Waals surface area contributed by atoms with Crippen LogP contribution < -0.4 is 10.0 Å². The maximum absolute atomic E-state index is 3.43. The van der Waals surface area contributed by atoms with Gasteiger partial charge >= 0.3 is 0 Å². The van der Waals surface area contributed by atoms with Crippen LogP contribution in [-0.4, -0.2) is 4.98 Å². The summed E-state index contributed by atoms with van der Waals surface area (Å²) in [4.78, 5) is 3.18. The quantitative estimate of drug-likeness (QED) is 0.489. The van der Waals surface area contributed by atoms with Gasteiger partial charge in [0.2, 0.25) is 0 Å². The summed E-state index contributed by atoms with van der Waals surface area (Å²) in [5.41, 5.74) is 2.43. The van der Waals surface area contributed by atoms with Gasteiger partial charge < -0.3 is 9.71 Å². The number of anilines is 1. The Kier molecular flexibility index (Phi) is 6.35. The van der Waals surface area contributed by atoms with E-state index in [0.29, 0.717) is 0 Å². The summed E-state index contributed by atoms with van der Waals surface area (Å²) in [7, 11) is 2.84. The van der Waals surface area contributed by atoms with Crippen molar-refractivity contribution in [3.05, 3.63) is 54.2 Å². The minimum atomic E-state index is 1.11. The molecular weight excluding hydrogens is 307 g/mol. The number of benzene rings is 2. The first kappa shape index (κ1) is 16.9. The van der Waals surface area contributed by atoms with E-state index >= 15 is 0 Å². The van der Waals surface area contributed by atoms with Gasteiger partial charge in [-0.05, 0) is 41.4 Å². The summed E-state index contributed by atoms with van der Waals surface area (Å²) in [5, 5.41) is 4.90. The van der Waals surface area contributed by atoms with Crippen LogP contribution in [0.3, 0.4) is 0 Å².